The van der Waals surface area contributed by atoms with Gasteiger partial charge in [0, 0.05) is 10.5 Å². The van der Waals surface area contributed by atoms with Crippen LogP contribution in [-0.4, -0.2) is 11.1 Å². The van der Waals surface area contributed by atoms with E-state index in [2.05, 4.69) is 31.9 Å². The van der Waals surface area contributed by atoms with Crippen molar-refractivity contribution in [1.29, 1.82) is 0 Å². The number of hydrogen-bond donors (Lipinski definition) is 1. The number of carboxylic acid groups (broad SMARTS) is 1. The molecule has 5 heteroatoms. The summed E-state index contributed by atoms with van der Waals surface area (Å²) >= 11 is 6.14. The summed E-state index contributed by atoms with van der Waals surface area (Å²) in [6, 6.07) is 2.77. The van der Waals surface area contributed by atoms with Crippen molar-refractivity contribution in [2.45, 2.75) is 0 Å². The first-order chi connectivity index (χ1) is 6.50. The molecule has 0 fully saturated rings. The van der Waals surface area contributed by atoms with Crippen LogP contribution in [0.2, 0.25) is 0 Å². The van der Waals surface area contributed by atoms with Gasteiger partial charge in [0.15, 0.2) is 0 Å². The Balaban J connectivity index is 3.10. The molecule has 0 unspecified atom stereocenters. The molecule has 1 N–H and O–H groups in total. The van der Waals surface area contributed by atoms with Gasteiger partial charge in [0.05, 0.1) is 4.47 Å². The van der Waals surface area contributed by atoms with Crippen molar-refractivity contribution < 1.29 is 14.3 Å². The molecule has 1 rings (SSSR count). The maximum absolute atomic E-state index is 12.9. The Morgan fingerprint density at radius 3 is 2.57 bits per heavy atom. The zero-order valence-corrected chi connectivity index (χ0v) is 9.97. The molecule has 14 heavy (non-hydrogen) atoms. The summed E-state index contributed by atoms with van der Waals surface area (Å²) < 4.78 is 13.7. The third-order valence-corrected chi connectivity index (χ3v) is 2.74. The monoisotopic (exact) mass is 322 g/mol. The molecule has 0 heterocycles. The second-order valence-corrected chi connectivity index (χ2v) is 4.17. The number of carbonyl (C=O) groups is 1. The Hall–Kier alpha value is -0.680. The molecule has 1 aromatic carbocycles. The van der Waals surface area contributed by atoms with Gasteiger partial charge in [-0.25, -0.2) is 9.18 Å². The Morgan fingerprint density at radius 1 is 1.36 bits per heavy atom. The number of aliphatic carboxylic acids is 1. The van der Waals surface area contributed by atoms with Crippen LogP contribution in [0.15, 0.2) is 27.2 Å². The van der Waals surface area contributed by atoms with Crippen LogP contribution in [0.1, 0.15) is 5.56 Å². The molecule has 0 aromatic heterocycles. The Labute approximate surface area is 96.7 Å². The van der Waals surface area contributed by atoms with Crippen molar-refractivity contribution >= 4 is 43.9 Å². The summed E-state index contributed by atoms with van der Waals surface area (Å²) in [6.45, 7) is 0. The third-order valence-electron chi connectivity index (χ3n) is 1.45. The molecule has 0 saturated carbocycles. The van der Waals surface area contributed by atoms with Crippen molar-refractivity contribution in [1.82, 2.24) is 0 Å². The fourth-order valence-electron chi connectivity index (χ4n) is 0.827. The highest BCUT2D eigenvalue weighted by Gasteiger charge is 2.04. The molecule has 0 aliphatic heterocycles. The fraction of sp³-hybridized carbons (Fsp3) is 0. The van der Waals surface area contributed by atoms with Crippen LogP contribution in [0, 0.1) is 5.82 Å². The standard InChI is InChI=1S/C9H5Br2FO2/c10-6-4-8(12)7(11)3-5(6)1-2-9(13)14/h1-4H,(H,13,14). The number of halogens is 3. The van der Waals surface area contributed by atoms with Crippen molar-refractivity contribution in [3.05, 3.63) is 38.5 Å². The smallest absolute Gasteiger partial charge is 0.328 e. The first kappa shape index (κ1) is 11.4. The molecule has 74 valence electrons. The summed E-state index contributed by atoms with van der Waals surface area (Å²) in [5, 5.41) is 8.40. The SMILES string of the molecule is O=C(O)C=Cc1cc(Br)c(F)cc1Br. The minimum Gasteiger partial charge on any atom is -0.478 e. The van der Waals surface area contributed by atoms with Crippen LogP contribution in [-0.2, 0) is 4.79 Å². The molecule has 2 nitrogen and oxygen atoms in total. The van der Waals surface area contributed by atoms with Crippen LogP contribution in [0.5, 0.6) is 0 Å². The largest absolute Gasteiger partial charge is 0.478 e. The van der Waals surface area contributed by atoms with E-state index in [0.29, 0.717) is 14.5 Å². The maximum atomic E-state index is 12.9. The number of rotatable bonds is 2. The predicted molar refractivity (Wildman–Crippen MR) is 58.5 cm³/mol. The number of benzene rings is 1. The van der Waals surface area contributed by atoms with E-state index >= 15 is 0 Å². The Kier molecular flexibility index (Phi) is 3.83. The molecule has 0 amide bonds. The van der Waals surface area contributed by atoms with Gasteiger partial charge in [0.1, 0.15) is 5.82 Å². The normalized spacial score (nSPS) is 10.8. The first-order valence-corrected chi connectivity index (χ1v) is 5.15. The molecule has 0 atom stereocenters. The van der Waals surface area contributed by atoms with Crippen molar-refractivity contribution in [3.63, 3.8) is 0 Å². The van der Waals surface area contributed by atoms with Crippen LogP contribution >= 0.6 is 31.9 Å². The minimum absolute atomic E-state index is 0.297. The average Bonchev–Trinajstić information content (AvgIpc) is 2.09. The van der Waals surface area contributed by atoms with Crippen molar-refractivity contribution in [2.24, 2.45) is 0 Å². The molecule has 0 saturated heterocycles. The summed E-state index contributed by atoms with van der Waals surface area (Å²) in [4.78, 5) is 10.2. The first-order valence-electron chi connectivity index (χ1n) is 3.56. The predicted octanol–water partition coefficient (Wildman–Crippen LogP) is 3.45. The van der Waals surface area contributed by atoms with Gasteiger partial charge in [-0.05, 0) is 39.7 Å². The average molecular weight is 324 g/mol. The second kappa shape index (κ2) is 4.70. The van der Waals surface area contributed by atoms with Crippen LogP contribution in [0.3, 0.4) is 0 Å². The van der Waals surface area contributed by atoms with E-state index in [1.807, 2.05) is 0 Å². The highest BCUT2D eigenvalue weighted by molar-refractivity contribution is 9.11. The third kappa shape index (κ3) is 2.92. The lowest BCUT2D eigenvalue weighted by molar-refractivity contribution is -0.131. The quantitative estimate of drug-likeness (QED) is 0.668. The molecule has 1 aromatic rings. The molecular weight excluding hydrogens is 319 g/mol. The molecular formula is C9H5Br2FO2. The summed E-state index contributed by atoms with van der Waals surface area (Å²) in [5.74, 6) is -1.44. The van der Waals surface area contributed by atoms with Crippen molar-refractivity contribution in [2.75, 3.05) is 0 Å². The van der Waals surface area contributed by atoms with Gasteiger partial charge in [0.25, 0.3) is 0 Å². The number of carboxylic acids is 1. The topological polar surface area (TPSA) is 37.3 Å². The van der Waals surface area contributed by atoms with Crippen LogP contribution in [0.4, 0.5) is 4.39 Å². The highest BCUT2D eigenvalue weighted by Crippen LogP contribution is 2.25. The van der Waals surface area contributed by atoms with Crippen LogP contribution in [0.25, 0.3) is 6.08 Å². The zero-order chi connectivity index (χ0) is 10.7. The summed E-state index contributed by atoms with van der Waals surface area (Å²) in [7, 11) is 0. The second-order valence-electron chi connectivity index (χ2n) is 2.46. The summed E-state index contributed by atoms with van der Waals surface area (Å²) in [5.41, 5.74) is 0.598. The molecule has 0 spiro atoms. The van der Waals surface area contributed by atoms with Gasteiger partial charge in [0.2, 0.25) is 0 Å². The Morgan fingerprint density at radius 2 is 2.00 bits per heavy atom. The molecule has 0 aliphatic rings. The lowest BCUT2D eigenvalue weighted by Crippen LogP contribution is -1.87. The van der Waals surface area contributed by atoms with Gasteiger partial charge < -0.3 is 5.11 Å². The van der Waals surface area contributed by atoms with Crippen molar-refractivity contribution in [3.8, 4) is 0 Å². The number of hydrogen-bond acceptors (Lipinski definition) is 1. The maximum Gasteiger partial charge on any atom is 0.328 e. The van der Waals surface area contributed by atoms with Gasteiger partial charge in [-0.3, -0.25) is 0 Å². The molecule has 0 bridgehead atoms. The molecule has 0 radical (unpaired) electrons. The van der Waals surface area contributed by atoms with Gasteiger partial charge in [-0.2, -0.15) is 0 Å². The minimum atomic E-state index is -1.04. The summed E-state index contributed by atoms with van der Waals surface area (Å²) in [6.07, 6.45) is 2.38. The van der Waals surface area contributed by atoms with E-state index in [4.69, 9.17) is 5.11 Å². The van der Waals surface area contributed by atoms with E-state index in [0.717, 1.165) is 6.08 Å². The lowest BCUT2D eigenvalue weighted by atomic mass is 10.2. The lowest BCUT2D eigenvalue weighted by Gasteiger charge is -2.00. The molecule has 0 aliphatic carbocycles. The van der Waals surface area contributed by atoms with Crippen LogP contribution < -0.4 is 0 Å². The van der Waals surface area contributed by atoms with Gasteiger partial charge in [-0.1, -0.05) is 15.9 Å². The van der Waals surface area contributed by atoms with Gasteiger partial charge in [-0.15, -0.1) is 0 Å². The highest BCUT2D eigenvalue weighted by atomic mass is 79.9. The van der Waals surface area contributed by atoms with E-state index in [1.165, 1.54) is 18.2 Å². The van der Waals surface area contributed by atoms with E-state index in [9.17, 15) is 9.18 Å². The van der Waals surface area contributed by atoms with E-state index in [1.54, 1.807) is 0 Å². The fourth-order valence-corrected chi connectivity index (χ4v) is 1.64. The van der Waals surface area contributed by atoms with E-state index in [-0.39, 0.29) is 0 Å². The van der Waals surface area contributed by atoms with Gasteiger partial charge >= 0.3 is 5.97 Å². The Bertz CT molecular complexity index is 402. The van der Waals surface area contributed by atoms with E-state index < -0.39 is 11.8 Å². The zero-order valence-electron chi connectivity index (χ0n) is 6.80.